The molecule has 0 spiro atoms. The second-order valence-corrected chi connectivity index (χ2v) is 5.13. The lowest BCUT2D eigenvalue weighted by atomic mass is 10.0. The van der Waals surface area contributed by atoms with Crippen LogP contribution in [0.2, 0.25) is 0 Å². The van der Waals surface area contributed by atoms with Crippen molar-refractivity contribution in [2.75, 3.05) is 18.5 Å². The average molecular weight is 268 g/mol. The van der Waals surface area contributed by atoms with Gasteiger partial charge in [-0.2, -0.15) is 0 Å². The maximum absolute atomic E-state index is 3.57. The van der Waals surface area contributed by atoms with E-state index in [-0.39, 0.29) is 0 Å². The number of nitrogens with one attached hydrogen (secondary N) is 1. The Balaban J connectivity index is 2.27. The van der Waals surface area contributed by atoms with E-state index in [4.69, 9.17) is 0 Å². The highest BCUT2D eigenvalue weighted by atomic mass is 15.1. The minimum absolute atomic E-state index is 0.359. The molecule has 20 heavy (non-hydrogen) atoms. The van der Waals surface area contributed by atoms with Crippen molar-refractivity contribution in [1.82, 2.24) is 5.32 Å². The van der Waals surface area contributed by atoms with Crippen LogP contribution in [-0.4, -0.2) is 13.6 Å². The minimum atomic E-state index is 0.359. The van der Waals surface area contributed by atoms with Gasteiger partial charge in [-0.05, 0) is 43.7 Å². The lowest BCUT2D eigenvalue weighted by Gasteiger charge is -2.25. The highest BCUT2D eigenvalue weighted by Gasteiger charge is 2.13. The van der Waals surface area contributed by atoms with Gasteiger partial charge in [0.2, 0.25) is 0 Å². The van der Waals surface area contributed by atoms with Gasteiger partial charge < -0.3 is 10.2 Å². The molecule has 0 saturated carbocycles. The molecule has 0 saturated heterocycles. The summed E-state index contributed by atoms with van der Waals surface area (Å²) in [5.41, 5.74) is 3.81. The monoisotopic (exact) mass is 268 g/mol. The van der Waals surface area contributed by atoms with Crippen LogP contribution in [0.5, 0.6) is 0 Å². The molecule has 0 bridgehead atoms. The van der Waals surface area contributed by atoms with Crippen molar-refractivity contribution >= 4 is 11.4 Å². The van der Waals surface area contributed by atoms with E-state index in [0.717, 1.165) is 13.0 Å². The van der Waals surface area contributed by atoms with Gasteiger partial charge in [0.05, 0.1) is 0 Å². The topological polar surface area (TPSA) is 15.3 Å². The Hall–Kier alpha value is -1.80. The fourth-order valence-electron chi connectivity index (χ4n) is 2.42. The first kappa shape index (κ1) is 14.6. The van der Waals surface area contributed by atoms with E-state index in [9.17, 15) is 0 Å². The molecule has 2 heteroatoms. The van der Waals surface area contributed by atoms with Gasteiger partial charge in [0.15, 0.2) is 0 Å². The molecule has 2 nitrogen and oxygen atoms in total. The molecule has 2 aromatic carbocycles. The molecule has 0 heterocycles. The fraction of sp³-hybridized carbons (Fsp3) is 0.333. The van der Waals surface area contributed by atoms with Crippen LogP contribution >= 0.6 is 0 Å². The lowest BCUT2D eigenvalue weighted by Crippen LogP contribution is -2.22. The van der Waals surface area contributed by atoms with Crippen molar-refractivity contribution in [3.63, 3.8) is 0 Å². The summed E-state index contributed by atoms with van der Waals surface area (Å²) in [7, 11) is 2.13. The van der Waals surface area contributed by atoms with Crippen LogP contribution < -0.4 is 10.2 Å². The molecule has 0 aromatic heterocycles. The normalized spacial score (nSPS) is 12.2. The first-order chi connectivity index (χ1) is 9.74. The smallest absolute Gasteiger partial charge is 0.0456 e. The van der Waals surface area contributed by atoms with Gasteiger partial charge in [-0.3, -0.25) is 0 Å². The maximum atomic E-state index is 3.57. The zero-order valence-electron chi connectivity index (χ0n) is 12.6. The number of hydrogen-bond donors (Lipinski definition) is 1. The Morgan fingerprint density at radius 3 is 2.35 bits per heavy atom. The van der Waals surface area contributed by atoms with Gasteiger partial charge in [0.1, 0.15) is 0 Å². The molecule has 0 aliphatic rings. The van der Waals surface area contributed by atoms with Crippen LogP contribution in [0.25, 0.3) is 0 Å². The predicted octanol–water partition coefficient (Wildman–Crippen LogP) is 4.52. The zero-order valence-corrected chi connectivity index (χ0v) is 12.6. The molecular formula is C18H24N2. The molecule has 0 radical (unpaired) electrons. The third-order valence-electron chi connectivity index (χ3n) is 3.61. The van der Waals surface area contributed by atoms with Gasteiger partial charge in [0, 0.05) is 24.5 Å². The van der Waals surface area contributed by atoms with E-state index < -0.39 is 0 Å². The lowest BCUT2D eigenvalue weighted by molar-refractivity contribution is 0.571. The van der Waals surface area contributed by atoms with Gasteiger partial charge in [-0.25, -0.2) is 0 Å². The second-order valence-electron chi connectivity index (χ2n) is 5.13. The molecule has 106 valence electrons. The molecule has 0 aliphatic heterocycles. The van der Waals surface area contributed by atoms with Crippen LogP contribution in [0.4, 0.5) is 11.4 Å². The third-order valence-corrected chi connectivity index (χ3v) is 3.61. The van der Waals surface area contributed by atoms with Gasteiger partial charge in [0.25, 0.3) is 0 Å². The van der Waals surface area contributed by atoms with Crippen molar-refractivity contribution in [3.05, 3.63) is 60.2 Å². The Labute approximate surface area is 122 Å². The van der Waals surface area contributed by atoms with Crippen LogP contribution in [0.15, 0.2) is 54.6 Å². The van der Waals surface area contributed by atoms with Crippen molar-refractivity contribution in [2.24, 2.45) is 0 Å². The minimum Gasteiger partial charge on any atom is -0.344 e. The highest BCUT2D eigenvalue weighted by Crippen LogP contribution is 2.30. The summed E-state index contributed by atoms with van der Waals surface area (Å²) < 4.78 is 0. The molecule has 1 N–H and O–H groups in total. The first-order valence-corrected chi connectivity index (χ1v) is 7.35. The average Bonchev–Trinajstić information content (AvgIpc) is 2.52. The Kier molecular flexibility index (Phi) is 5.19. The Morgan fingerprint density at radius 1 is 1.00 bits per heavy atom. The van der Waals surface area contributed by atoms with Crippen molar-refractivity contribution in [2.45, 2.75) is 26.3 Å². The van der Waals surface area contributed by atoms with Gasteiger partial charge in [-0.15, -0.1) is 0 Å². The Morgan fingerprint density at radius 2 is 1.65 bits per heavy atom. The number of hydrogen-bond acceptors (Lipinski definition) is 2. The molecule has 0 fully saturated rings. The molecule has 2 aromatic rings. The van der Waals surface area contributed by atoms with Gasteiger partial charge >= 0.3 is 0 Å². The summed E-state index contributed by atoms with van der Waals surface area (Å²) in [4.78, 5) is 2.25. The maximum Gasteiger partial charge on any atom is 0.0456 e. The van der Waals surface area contributed by atoms with E-state index in [0.29, 0.717) is 6.04 Å². The summed E-state index contributed by atoms with van der Waals surface area (Å²) >= 11 is 0. The molecule has 1 atom stereocenters. The van der Waals surface area contributed by atoms with E-state index in [1.807, 2.05) is 0 Å². The third kappa shape index (κ3) is 3.40. The molecule has 1 unspecified atom stereocenters. The molecule has 0 amide bonds. The molecular weight excluding hydrogens is 244 g/mol. The highest BCUT2D eigenvalue weighted by molar-refractivity contribution is 5.66. The summed E-state index contributed by atoms with van der Waals surface area (Å²) in [6.45, 7) is 5.47. The van der Waals surface area contributed by atoms with E-state index in [1.165, 1.54) is 16.9 Å². The summed E-state index contributed by atoms with van der Waals surface area (Å²) in [5.74, 6) is 0. The molecule has 0 aliphatic carbocycles. The summed E-state index contributed by atoms with van der Waals surface area (Å²) in [6, 6.07) is 19.5. The summed E-state index contributed by atoms with van der Waals surface area (Å²) in [6.07, 6.45) is 1.15. The van der Waals surface area contributed by atoms with Gasteiger partial charge in [-0.1, -0.05) is 43.3 Å². The van der Waals surface area contributed by atoms with E-state index in [2.05, 4.69) is 85.7 Å². The standard InChI is InChI=1S/C18H24N2/c1-4-14-19-15(2)17-12-8-9-13-18(17)20(3)16-10-6-5-7-11-16/h5-13,15,19H,4,14H2,1-3H3. The fourth-order valence-corrected chi connectivity index (χ4v) is 2.42. The van der Waals surface area contributed by atoms with Crippen molar-refractivity contribution in [1.29, 1.82) is 0 Å². The predicted molar refractivity (Wildman–Crippen MR) is 87.7 cm³/mol. The number of nitrogens with zero attached hydrogens (tertiary/aromatic N) is 1. The number of benzene rings is 2. The zero-order chi connectivity index (χ0) is 14.4. The quantitative estimate of drug-likeness (QED) is 0.829. The SMILES string of the molecule is CCCNC(C)c1ccccc1N(C)c1ccccc1. The van der Waals surface area contributed by atoms with Crippen LogP contribution in [0, 0.1) is 0 Å². The van der Waals surface area contributed by atoms with Crippen molar-refractivity contribution in [3.8, 4) is 0 Å². The second kappa shape index (κ2) is 7.11. The molecule has 2 rings (SSSR count). The number of para-hydroxylation sites is 2. The van der Waals surface area contributed by atoms with Crippen LogP contribution in [0.3, 0.4) is 0 Å². The Bertz CT molecular complexity index is 522. The van der Waals surface area contributed by atoms with Crippen LogP contribution in [0.1, 0.15) is 31.9 Å². The van der Waals surface area contributed by atoms with Crippen molar-refractivity contribution < 1.29 is 0 Å². The first-order valence-electron chi connectivity index (χ1n) is 7.35. The largest absolute Gasteiger partial charge is 0.344 e. The van der Waals surface area contributed by atoms with E-state index in [1.54, 1.807) is 0 Å². The van der Waals surface area contributed by atoms with E-state index >= 15 is 0 Å². The number of anilines is 2. The number of rotatable bonds is 6. The summed E-state index contributed by atoms with van der Waals surface area (Å²) in [5, 5.41) is 3.57. The van der Waals surface area contributed by atoms with Crippen LogP contribution in [-0.2, 0) is 0 Å².